The van der Waals surface area contributed by atoms with E-state index in [2.05, 4.69) is 4.98 Å². The van der Waals surface area contributed by atoms with Crippen molar-refractivity contribution in [3.05, 3.63) is 48.2 Å². The normalized spacial score (nSPS) is 12.0. The molecule has 2 N–H and O–H groups in total. The summed E-state index contributed by atoms with van der Waals surface area (Å²) < 4.78 is 0. The molecular weight excluding hydrogens is 292 g/mol. The average Bonchev–Trinajstić information content (AvgIpc) is 2.59. The Hall–Kier alpha value is -2.24. The minimum Gasteiger partial charge on any atom is -0.396 e. The summed E-state index contributed by atoms with van der Waals surface area (Å²) in [6.07, 6.45) is 4.97. The number of aliphatic hydroxyl groups is 2. The van der Waals surface area contributed by atoms with Gasteiger partial charge in [0.05, 0.1) is 18.7 Å². The van der Waals surface area contributed by atoms with Crippen molar-refractivity contribution in [3.63, 3.8) is 0 Å². The van der Waals surface area contributed by atoms with Crippen molar-refractivity contribution in [2.24, 2.45) is 5.41 Å². The Labute approximate surface area is 135 Å². The Balaban J connectivity index is 2.14. The van der Waals surface area contributed by atoms with E-state index in [0.29, 0.717) is 0 Å². The number of nitrogens with zero attached hydrogens (tertiary/aromatic N) is 2. The molecule has 0 saturated carbocycles. The summed E-state index contributed by atoms with van der Waals surface area (Å²) in [6, 6.07) is 9.60. The van der Waals surface area contributed by atoms with Crippen LogP contribution in [0.4, 0.5) is 0 Å². The Morgan fingerprint density at radius 3 is 2.65 bits per heavy atom. The monoisotopic (exact) mass is 314 g/mol. The van der Waals surface area contributed by atoms with Crippen LogP contribution < -0.4 is 0 Å². The van der Waals surface area contributed by atoms with Gasteiger partial charge in [-0.2, -0.15) is 0 Å². The largest absolute Gasteiger partial charge is 0.396 e. The van der Waals surface area contributed by atoms with Crippen molar-refractivity contribution in [1.82, 2.24) is 9.88 Å². The van der Waals surface area contributed by atoms with Crippen molar-refractivity contribution >= 4 is 22.9 Å². The van der Waals surface area contributed by atoms with Gasteiger partial charge in [-0.15, -0.1) is 0 Å². The van der Waals surface area contributed by atoms with Crippen LogP contribution in [0.15, 0.2) is 42.6 Å². The Morgan fingerprint density at radius 2 is 1.96 bits per heavy atom. The van der Waals surface area contributed by atoms with Gasteiger partial charge in [-0.05, 0) is 23.8 Å². The lowest BCUT2D eigenvalue weighted by molar-refractivity contribution is -0.126. The summed E-state index contributed by atoms with van der Waals surface area (Å²) in [4.78, 5) is 18.0. The van der Waals surface area contributed by atoms with Crippen molar-refractivity contribution in [3.8, 4) is 0 Å². The fourth-order valence-corrected chi connectivity index (χ4v) is 2.35. The molecule has 0 aliphatic rings. The Morgan fingerprint density at radius 1 is 1.26 bits per heavy atom. The molecule has 1 heterocycles. The van der Waals surface area contributed by atoms with Crippen LogP contribution in [0.3, 0.4) is 0 Å². The molecule has 0 atom stereocenters. The molecule has 5 nitrogen and oxygen atoms in total. The molecule has 0 aliphatic heterocycles. The van der Waals surface area contributed by atoms with Crippen molar-refractivity contribution in [2.75, 3.05) is 26.8 Å². The second-order valence-corrected chi connectivity index (χ2v) is 6.07. The highest BCUT2D eigenvalue weighted by atomic mass is 16.3. The predicted octanol–water partition coefficient (Wildman–Crippen LogP) is 1.70. The van der Waals surface area contributed by atoms with E-state index in [1.807, 2.05) is 30.3 Å². The second-order valence-electron chi connectivity index (χ2n) is 6.07. The molecule has 23 heavy (non-hydrogen) atoms. The molecule has 5 heteroatoms. The van der Waals surface area contributed by atoms with E-state index in [4.69, 9.17) is 0 Å². The Kier molecular flexibility index (Phi) is 5.47. The summed E-state index contributed by atoms with van der Waals surface area (Å²) >= 11 is 0. The van der Waals surface area contributed by atoms with Gasteiger partial charge < -0.3 is 15.1 Å². The quantitative estimate of drug-likeness (QED) is 0.796. The number of hydrogen-bond donors (Lipinski definition) is 2. The van der Waals surface area contributed by atoms with Gasteiger partial charge in [0.25, 0.3) is 0 Å². The molecule has 2 rings (SSSR count). The summed E-state index contributed by atoms with van der Waals surface area (Å²) in [5, 5.41) is 19.6. The highest BCUT2D eigenvalue weighted by Gasteiger charge is 2.25. The topological polar surface area (TPSA) is 73.7 Å². The van der Waals surface area contributed by atoms with E-state index in [-0.39, 0.29) is 25.7 Å². The summed E-state index contributed by atoms with van der Waals surface area (Å²) in [6.45, 7) is 1.65. The number of aliphatic hydroxyl groups excluding tert-OH is 2. The number of pyridine rings is 1. The third kappa shape index (κ3) is 4.15. The number of likely N-dealkylation sites (N-methyl/N-ethyl adjacent to an activating group) is 1. The molecule has 0 radical (unpaired) electrons. The smallest absolute Gasteiger partial charge is 0.246 e. The number of rotatable bonds is 6. The number of fused-ring (bicyclic) bond motifs is 1. The average molecular weight is 314 g/mol. The van der Waals surface area contributed by atoms with E-state index in [9.17, 15) is 15.0 Å². The molecule has 0 fully saturated rings. The van der Waals surface area contributed by atoms with E-state index in [1.165, 1.54) is 11.0 Å². The zero-order valence-electron chi connectivity index (χ0n) is 13.4. The zero-order valence-corrected chi connectivity index (χ0v) is 13.4. The molecule has 122 valence electrons. The van der Waals surface area contributed by atoms with Crippen molar-refractivity contribution in [2.45, 2.75) is 6.92 Å². The zero-order chi connectivity index (χ0) is 16.9. The molecule has 0 aliphatic carbocycles. The van der Waals surface area contributed by atoms with Crippen LogP contribution in [0, 0.1) is 5.41 Å². The fraction of sp³-hybridized carbons (Fsp3) is 0.333. The van der Waals surface area contributed by atoms with Gasteiger partial charge in [-0.3, -0.25) is 9.78 Å². The lowest BCUT2D eigenvalue weighted by atomic mass is 9.92. The SMILES string of the molecule is CN(CC(C)(CO)CO)C(=O)/C=C/c1ccnc2ccccc12. The first-order valence-corrected chi connectivity index (χ1v) is 7.48. The number of benzene rings is 1. The number of carbonyl (C=O) groups excluding carboxylic acids is 1. The third-order valence-corrected chi connectivity index (χ3v) is 3.85. The molecule has 2 aromatic rings. The summed E-state index contributed by atoms with van der Waals surface area (Å²) in [7, 11) is 1.65. The maximum Gasteiger partial charge on any atom is 0.246 e. The molecule has 1 aromatic heterocycles. The summed E-state index contributed by atoms with van der Waals surface area (Å²) in [5.41, 5.74) is 1.09. The number of aromatic nitrogens is 1. The minimum atomic E-state index is -0.707. The van der Waals surface area contributed by atoms with E-state index in [1.54, 1.807) is 26.2 Å². The van der Waals surface area contributed by atoms with Crippen LogP contribution in [-0.4, -0.2) is 52.8 Å². The van der Waals surface area contributed by atoms with Crippen LogP contribution in [0.1, 0.15) is 12.5 Å². The second kappa shape index (κ2) is 7.35. The number of para-hydroxylation sites is 1. The van der Waals surface area contributed by atoms with E-state index >= 15 is 0 Å². The van der Waals surface area contributed by atoms with Gasteiger partial charge in [-0.25, -0.2) is 0 Å². The first-order chi connectivity index (χ1) is 11.0. The van der Waals surface area contributed by atoms with Gasteiger partial charge >= 0.3 is 0 Å². The molecular formula is C18H22N2O3. The number of carbonyl (C=O) groups is 1. The van der Waals surface area contributed by atoms with E-state index in [0.717, 1.165) is 16.5 Å². The van der Waals surface area contributed by atoms with Crippen molar-refractivity contribution < 1.29 is 15.0 Å². The van der Waals surface area contributed by atoms with Gasteiger partial charge in [0.2, 0.25) is 5.91 Å². The number of amides is 1. The molecule has 0 spiro atoms. The lowest BCUT2D eigenvalue weighted by Crippen LogP contribution is -2.41. The molecule has 1 amide bonds. The highest BCUT2D eigenvalue weighted by Crippen LogP contribution is 2.18. The van der Waals surface area contributed by atoms with E-state index < -0.39 is 5.41 Å². The van der Waals surface area contributed by atoms with Crippen LogP contribution in [0.2, 0.25) is 0 Å². The highest BCUT2D eigenvalue weighted by molar-refractivity contribution is 5.95. The molecule has 0 saturated heterocycles. The molecule has 0 unspecified atom stereocenters. The lowest BCUT2D eigenvalue weighted by Gasteiger charge is -2.29. The van der Waals surface area contributed by atoms with Gasteiger partial charge in [0.1, 0.15) is 0 Å². The standard InChI is InChI=1S/C18H22N2O3/c1-18(12-21,13-22)11-20(2)17(23)8-7-14-9-10-19-16-6-4-3-5-15(14)16/h3-10,21-22H,11-13H2,1-2H3/b8-7+. The van der Waals surface area contributed by atoms with Crippen LogP contribution >= 0.6 is 0 Å². The van der Waals surface area contributed by atoms with Gasteiger partial charge in [-0.1, -0.05) is 25.1 Å². The first-order valence-electron chi connectivity index (χ1n) is 7.48. The van der Waals surface area contributed by atoms with Gasteiger partial charge in [0, 0.05) is 36.7 Å². The van der Waals surface area contributed by atoms with Crippen molar-refractivity contribution in [1.29, 1.82) is 0 Å². The molecule has 0 bridgehead atoms. The van der Waals surface area contributed by atoms with Crippen LogP contribution in [0.5, 0.6) is 0 Å². The minimum absolute atomic E-state index is 0.181. The maximum absolute atomic E-state index is 12.2. The third-order valence-electron chi connectivity index (χ3n) is 3.85. The summed E-state index contributed by atoms with van der Waals surface area (Å²) in [5.74, 6) is -0.181. The maximum atomic E-state index is 12.2. The molecule has 1 aromatic carbocycles. The predicted molar refractivity (Wildman–Crippen MR) is 90.7 cm³/mol. The fourth-order valence-electron chi connectivity index (χ4n) is 2.35. The number of hydrogen-bond acceptors (Lipinski definition) is 4. The van der Waals surface area contributed by atoms with Crippen LogP contribution in [-0.2, 0) is 4.79 Å². The first kappa shape index (κ1) is 17.1. The van der Waals surface area contributed by atoms with Crippen LogP contribution in [0.25, 0.3) is 17.0 Å². The van der Waals surface area contributed by atoms with Gasteiger partial charge in [0.15, 0.2) is 0 Å². The Bertz CT molecular complexity index is 703.